The third kappa shape index (κ3) is 4.31. The van der Waals surface area contributed by atoms with Crippen molar-refractivity contribution in [3.05, 3.63) is 28.2 Å². The van der Waals surface area contributed by atoms with E-state index in [-0.39, 0.29) is 6.42 Å². The van der Waals surface area contributed by atoms with Gasteiger partial charge in [-0.05, 0) is 47.5 Å². The first-order valence-electron chi connectivity index (χ1n) is 5.84. The zero-order valence-corrected chi connectivity index (χ0v) is 12.1. The van der Waals surface area contributed by atoms with Gasteiger partial charge in [0.1, 0.15) is 5.75 Å². The largest absolute Gasteiger partial charge is 0.493 e. The Kier molecular flexibility index (Phi) is 6.15. The molecule has 0 fully saturated rings. The molecule has 0 aromatic heterocycles. The average Bonchev–Trinajstić information content (AvgIpc) is 2.32. The molecule has 0 spiro atoms. The lowest BCUT2D eigenvalue weighted by atomic mass is 10.1. The fraction of sp³-hybridized carbons (Fsp3) is 0.462. The van der Waals surface area contributed by atoms with Crippen LogP contribution < -0.4 is 4.74 Å². The number of hydrogen-bond acceptors (Lipinski definition) is 4. The zero-order valence-electron chi connectivity index (χ0n) is 10.5. The van der Waals surface area contributed by atoms with E-state index in [0.717, 1.165) is 4.47 Å². The number of aliphatic hydroxyl groups excluding tert-OH is 1. The summed E-state index contributed by atoms with van der Waals surface area (Å²) in [6.45, 7) is 4.47. The van der Waals surface area contributed by atoms with Crippen molar-refractivity contribution in [1.29, 1.82) is 0 Å². The molecule has 0 heterocycles. The summed E-state index contributed by atoms with van der Waals surface area (Å²) >= 11 is 3.36. The van der Waals surface area contributed by atoms with E-state index in [2.05, 4.69) is 15.9 Å². The molecule has 0 aliphatic carbocycles. The van der Waals surface area contributed by atoms with Gasteiger partial charge in [-0.2, -0.15) is 0 Å². The van der Waals surface area contributed by atoms with Crippen LogP contribution in [0.25, 0.3) is 0 Å². The number of ether oxygens (including phenoxy) is 2. The van der Waals surface area contributed by atoms with Crippen molar-refractivity contribution < 1.29 is 19.4 Å². The van der Waals surface area contributed by atoms with E-state index in [4.69, 9.17) is 9.47 Å². The second-order valence-electron chi connectivity index (χ2n) is 3.65. The number of halogens is 1. The van der Waals surface area contributed by atoms with Crippen molar-refractivity contribution in [2.24, 2.45) is 0 Å². The molecule has 100 valence electrons. The lowest BCUT2D eigenvalue weighted by molar-refractivity contribution is -0.145. The van der Waals surface area contributed by atoms with E-state index < -0.39 is 12.1 Å². The van der Waals surface area contributed by atoms with Crippen molar-refractivity contribution in [1.82, 2.24) is 0 Å². The van der Waals surface area contributed by atoms with Gasteiger partial charge >= 0.3 is 5.97 Å². The van der Waals surface area contributed by atoms with Crippen LogP contribution in [-0.2, 0) is 9.53 Å². The molecule has 0 amide bonds. The van der Waals surface area contributed by atoms with Gasteiger partial charge in [-0.1, -0.05) is 6.07 Å². The minimum absolute atomic E-state index is 0.0545. The van der Waals surface area contributed by atoms with Crippen LogP contribution in [-0.4, -0.2) is 24.3 Å². The Hall–Kier alpha value is -1.07. The summed E-state index contributed by atoms with van der Waals surface area (Å²) in [6.07, 6.45) is -0.933. The molecule has 1 aromatic carbocycles. The number of benzene rings is 1. The molecule has 18 heavy (non-hydrogen) atoms. The smallest absolute Gasteiger partial charge is 0.308 e. The molecule has 1 N–H and O–H groups in total. The molecule has 1 unspecified atom stereocenters. The van der Waals surface area contributed by atoms with Gasteiger partial charge < -0.3 is 14.6 Å². The number of carbonyl (C=O) groups is 1. The molecular formula is C13H17BrO4. The van der Waals surface area contributed by atoms with E-state index in [1.165, 1.54) is 0 Å². The van der Waals surface area contributed by atoms with Gasteiger partial charge in [0.2, 0.25) is 0 Å². The molecule has 0 radical (unpaired) electrons. The minimum atomic E-state index is -0.878. The summed E-state index contributed by atoms with van der Waals surface area (Å²) in [5.74, 6) is 0.240. The lowest BCUT2D eigenvalue weighted by Gasteiger charge is -2.13. The Balaban J connectivity index is 2.76. The van der Waals surface area contributed by atoms with Gasteiger partial charge in [0.15, 0.2) is 0 Å². The number of aliphatic hydroxyl groups is 1. The van der Waals surface area contributed by atoms with Crippen LogP contribution in [0.3, 0.4) is 0 Å². The second-order valence-corrected chi connectivity index (χ2v) is 4.50. The number of hydrogen-bond donors (Lipinski definition) is 1. The lowest BCUT2D eigenvalue weighted by Crippen LogP contribution is -2.10. The number of carbonyl (C=O) groups excluding carboxylic acids is 1. The normalized spacial score (nSPS) is 12.0. The summed E-state index contributed by atoms with van der Waals surface area (Å²) in [5, 5.41) is 9.93. The van der Waals surface area contributed by atoms with E-state index in [9.17, 15) is 9.90 Å². The third-order valence-electron chi connectivity index (χ3n) is 2.31. The van der Waals surface area contributed by atoms with Crippen LogP contribution in [0.5, 0.6) is 5.75 Å². The Morgan fingerprint density at radius 3 is 2.72 bits per heavy atom. The van der Waals surface area contributed by atoms with E-state index in [0.29, 0.717) is 24.5 Å². The zero-order chi connectivity index (χ0) is 13.5. The summed E-state index contributed by atoms with van der Waals surface area (Å²) in [5.41, 5.74) is 0.634. The van der Waals surface area contributed by atoms with Gasteiger partial charge in [0.05, 0.1) is 30.2 Å². The van der Waals surface area contributed by atoms with E-state index in [1.54, 1.807) is 25.1 Å². The van der Waals surface area contributed by atoms with Gasteiger partial charge in [-0.15, -0.1) is 0 Å². The first-order chi connectivity index (χ1) is 8.58. The molecular weight excluding hydrogens is 300 g/mol. The van der Waals surface area contributed by atoms with Crippen LogP contribution in [0.4, 0.5) is 0 Å². The van der Waals surface area contributed by atoms with Gasteiger partial charge in [-0.25, -0.2) is 0 Å². The maximum absolute atomic E-state index is 11.3. The Labute approximate surface area is 115 Å². The summed E-state index contributed by atoms with van der Waals surface area (Å²) < 4.78 is 11.0. The monoisotopic (exact) mass is 316 g/mol. The first kappa shape index (κ1) is 15.0. The standard InChI is InChI=1S/C13H17BrO4/c1-3-17-12-7-9(5-6-10(12)14)11(15)8-13(16)18-4-2/h5-7,11,15H,3-4,8H2,1-2H3. The van der Waals surface area contributed by atoms with Crippen molar-refractivity contribution >= 4 is 21.9 Å². The van der Waals surface area contributed by atoms with Gasteiger partial charge in [0, 0.05) is 0 Å². The maximum Gasteiger partial charge on any atom is 0.308 e. The molecule has 0 saturated heterocycles. The Morgan fingerprint density at radius 1 is 1.39 bits per heavy atom. The number of rotatable bonds is 6. The molecule has 4 nitrogen and oxygen atoms in total. The predicted molar refractivity (Wildman–Crippen MR) is 71.5 cm³/mol. The van der Waals surface area contributed by atoms with Crippen LogP contribution >= 0.6 is 15.9 Å². The van der Waals surface area contributed by atoms with Crippen molar-refractivity contribution in [2.45, 2.75) is 26.4 Å². The fourth-order valence-corrected chi connectivity index (χ4v) is 1.85. The molecule has 0 saturated carbocycles. The Bertz CT molecular complexity index is 406. The average molecular weight is 317 g/mol. The van der Waals surface area contributed by atoms with Crippen LogP contribution in [0, 0.1) is 0 Å². The predicted octanol–water partition coefficient (Wildman–Crippen LogP) is 2.83. The second kappa shape index (κ2) is 7.38. The van der Waals surface area contributed by atoms with Crippen molar-refractivity contribution in [3.8, 4) is 5.75 Å². The topological polar surface area (TPSA) is 55.8 Å². The van der Waals surface area contributed by atoms with Crippen LogP contribution in [0.1, 0.15) is 31.9 Å². The van der Waals surface area contributed by atoms with E-state index in [1.807, 2.05) is 6.92 Å². The molecule has 1 aromatic rings. The highest BCUT2D eigenvalue weighted by Gasteiger charge is 2.15. The molecule has 1 rings (SSSR count). The quantitative estimate of drug-likeness (QED) is 0.820. The summed E-state index contributed by atoms with van der Waals surface area (Å²) in [6, 6.07) is 5.25. The number of esters is 1. The van der Waals surface area contributed by atoms with Gasteiger partial charge in [0.25, 0.3) is 0 Å². The SMILES string of the molecule is CCOC(=O)CC(O)c1ccc(Br)c(OCC)c1. The molecule has 0 aliphatic heterocycles. The molecule has 0 aliphatic rings. The molecule has 5 heteroatoms. The third-order valence-corrected chi connectivity index (χ3v) is 2.96. The minimum Gasteiger partial charge on any atom is -0.493 e. The fourth-order valence-electron chi connectivity index (χ4n) is 1.49. The summed E-state index contributed by atoms with van der Waals surface area (Å²) in [4.78, 5) is 11.3. The van der Waals surface area contributed by atoms with Crippen molar-refractivity contribution in [3.63, 3.8) is 0 Å². The highest BCUT2D eigenvalue weighted by Crippen LogP contribution is 2.29. The molecule has 1 atom stereocenters. The van der Waals surface area contributed by atoms with Gasteiger partial charge in [-0.3, -0.25) is 4.79 Å². The van der Waals surface area contributed by atoms with Crippen molar-refractivity contribution in [2.75, 3.05) is 13.2 Å². The first-order valence-corrected chi connectivity index (χ1v) is 6.63. The molecule has 0 bridgehead atoms. The summed E-state index contributed by atoms with van der Waals surface area (Å²) in [7, 11) is 0. The highest BCUT2D eigenvalue weighted by molar-refractivity contribution is 9.10. The van der Waals surface area contributed by atoms with Crippen LogP contribution in [0.2, 0.25) is 0 Å². The Morgan fingerprint density at radius 2 is 2.11 bits per heavy atom. The van der Waals surface area contributed by atoms with Crippen LogP contribution in [0.15, 0.2) is 22.7 Å². The highest BCUT2D eigenvalue weighted by atomic mass is 79.9. The maximum atomic E-state index is 11.3. The van der Waals surface area contributed by atoms with E-state index >= 15 is 0 Å².